The predicted molar refractivity (Wildman–Crippen MR) is 82.6 cm³/mol. The Hall–Kier alpha value is -1.95. The normalized spacial score (nSPS) is 19.3. The van der Waals surface area contributed by atoms with E-state index in [1.807, 2.05) is 13.8 Å². The van der Waals surface area contributed by atoms with Crippen molar-refractivity contribution in [3.63, 3.8) is 0 Å². The first-order valence-corrected chi connectivity index (χ1v) is 6.63. The van der Waals surface area contributed by atoms with Gasteiger partial charge >= 0.3 is 12.1 Å². The second kappa shape index (κ2) is 6.87. The zero-order valence-electron chi connectivity index (χ0n) is 13.0. The molecule has 1 N–H and O–H groups in total. The number of ether oxygens (including phenoxy) is 3. The van der Waals surface area contributed by atoms with Crippen LogP contribution in [0.25, 0.3) is 0 Å². The van der Waals surface area contributed by atoms with Gasteiger partial charge in [0.1, 0.15) is 6.61 Å². The Morgan fingerprint density at radius 1 is 1.36 bits per heavy atom. The SMILES string of the molecule is COc1cc([C@@H]2NC(=O)OCC2(C)C)ccc1OC(C)=O.Cl. The molecule has 1 amide bonds. The lowest BCUT2D eigenvalue weighted by Crippen LogP contribution is -2.46. The van der Waals surface area contributed by atoms with Gasteiger partial charge in [0.25, 0.3) is 0 Å². The molecule has 0 aromatic heterocycles. The molecular formula is C15H20ClNO5. The van der Waals surface area contributed by atoms with Crippen molar-refractivity contribution in [1.29, 1.82) is 0 Å². The number of nitrogens with one attached hydrogen (secondary N) is 1. The number of halogens is 1. The molecule has 0 unspecified atom stereocenters. The molecule has 1 aromatic carbocycles. The number of hydrogen-bond acceptors (Lipinski definition) is 5. The molecule has 0 radical (unpaired) electrons. The van der Waals surface area contributed by atoms with Crippen LogP contribution in [0.5, 0.6) is 11.5 Å². The minimum atomic E-state index is -0.442. The second-order valence-electron chi connectivity index (χ2n) is 5.65. The first-order chi connectivity index (χ1) is 9.83. The van der Waals surface area contributed by atoms with Gasteiger partial charge in [0.2, 0.25) is 0 Å². The number of hydrogen-bond donors (Lipinski definition) is 1. The molecule has 1 heterocycles. The van der Waals surface area contributed by atoms with Gasteiger partial charge in [-0.25, -0.2) is 4.79 Å². The summed E-state index contributed by atoms with van der Waals surface area (Å²) in [6.07, 6.45) is -0.442. The Morgan fingerprint density at radius 3 is 2.64 bits per heavy atom. The number of cyclic esters (lactones) is 1. The number of esters is 1. The largest absolute Gasteiger partial charge is 0.493 e. The van der Waals surface area contributed by atoms with E-state index < -0.39 is 12.1 Å². The van der Waals surface area contributed by atoms with Gasteiger partial charge in [-0.05, 0) is 17.7 Å². The lowest BCUT2D eigenvalue weighted by Gasteiger charge is -2.38. The summed E-state index contributed by atoms with van der Waals surface area (Å²) in [6.45, 7) is 5.67. The van der Waals surface area contributed by atoms with Crippen molar-refractivity contribution in [1.82, 2.24) is 5.32 Å². The van der Waals surface area contributed by atoms with E-state index in [1.165, 1.54) is 14.0 Å². The van der Waals surface area contributed by atoms with Crippen LogP contribution in [-0.2, 0) is 9.53 Å². The van der Waals surface area contributed by atoms with Gasteiger partial charge in [0.15, 0.2) is 11.5 Å². The molecule has 0 spiro atoms. The third-order valence-electron chi connectivity index (χ3n) is 3.39. The zero-order valence-corrected chi connectivity index (χ0v) is 13.8. The molecule has 1 aromatic rings. The molecule has 1 aliphatic heterocycles. The fourth-order valence-electron chi connectivity index (χ4n) is 2.33. The Balaban J connectivity index is 0.00000242. The molecule has 1 atom stereocenters. The minimum Gasteiger partial charge on any atom is -0.493 e. The van der Waals surface area contributed by atoms with Crippen LogP contribution < -0.4 is 14.8 Å². The molecule has 122 valence electrons. The van der Waals surface area contributed by atoms with E-state index in [9.17, 15) is 9.59 Å². The molecule has 1 fully saturated rings. The quantitative estimate of drug-likeness (QED) is 0.682. The van der Waals surface area contributed by atoms with Crippen molar-refractivity contribution < 1.29 is 23.8 Å². The highest BCUT2D eigenvalue weighted by atomic mass is 35.5. The van der Waals surface area contributed by atoms with Crippen molar-refractivity contribution in [2.75, 3.05) is 13.7 Å². The Labute approximate surface area is 135 Å². The van der Waals surface area contributed by atoms with Crippen LogP contribution in [0, 0.1) is 5.41 Å². The number of carbonyl (C=O) groups is 2. The van der Waals surface area contributed by atoms with Crippen molar-refractivity contribution >= 4 is 24.5 Å². The molecule has 0 saturated carbocycles. The maximum absolute atomic E-state index is 11.5. The lowest BCUT2D eigenvalue weighted by atomic mass is 9.80. The number of amides is 1. The van der Waals surface area contributed by atoms with Gasteiger partial charge in [-0.1, -0.05) is 19.9 Å². The van der Waals surface area contributed by atoms with Crippen molar-refractivity contribution in [3.8, 4) is 11.5 Å². The number of rotatable bonds is 3. The topological polar surface area (TPSA) is 73.9 Å². The van der Waals surface area contributed by atoms with E-state index >= 15 is 0 Å². The fraction of sp³-hybridized carbons (Fsp3) is 0.467. The fourth-order valence-corrected chi connectivity index (χ4v) is 2.33. The van der Waals surface area contributed by atoms with Crippen molar-refractivity contribution in [3.05, 3.63) is 23.8 Å². The van der Waals surface area contributed by atoms with Crippen LogP contribution in [0.2, 0.25) is 0 Å². The van der Waals surface area contributed by atoms with E-state index in [0.717, 1.165) is 5.56 Å². The third kappa shape index (κ3) is 3.82. The van der Waals surface area contributed by atoms with Crippen LogP contribution in [0.15, 0.2) is 18.2 Å². The van der Waals surface area contributed by atoms with E-state index in [1.54, 1.807) is 18.2 Å². The molecule has 0 bridgehead atoms. The Bertz CT molecular complexity index is 573. The zero-order chi connectivity index (χ0) is 15.6. The van der Waals surface area contributed by atoms with Gasteiger partial charge < -0.3 is 19.5 Å². The Kier molecular flexibility index (Phi) is 5.65. The summed E-state index contributed by atoms with van der Waals surface area (Å²) in [7, 11) is 1.50. The van der Waals surface area contributed by atoms with Gasteiger partial charge in [-0.3, -0.25) is 4.79 Å². The second-order valence-corrected chi connectivity index (χ2v) is 5.65. The number of benzene rings is 1. The molecule has 7 heteroatoms. The monoisotopic (exact) mass is 329 g/mol. The molecule has 0 aliphatic carbocycles. The standard InChI is InChI=1S/C15H19NO5.ClH/c1-9(17)21-11-6-5-10(7-12(11)19-4)13-15(2,3)8-20-14(18)16-13;/h5-7,13H,8H2,1-4H3,(H,16,18);1H/t13-;/m0./s1. The van der Waals surface area contributed by atoms with Gasteiger partial charge in [-0.2, -0.15) is 0 Å². The molecule has 22 heavy (non-hydrogen) atoms. The highest BCUT2D eigenvalue weighted by Gasteiger charge is 2.38. The van der Waals surface area contributed by atoms with E-state index in [2.05, 4.69) is 5.32 Å². The summed E-state index contributed by atoms with van der Waals surface area (Å²) in [5.41, 5.74) is 0.603. The molecule has 1 aliphatic rings. The minimum absolute atomic E-state index is 0. The molecule has 2 rings (SSSR count). The molecule has 6 nitrogen and oxygen atoms in total. The van der Waals surface area contributed by atoms with Crippen LogP contribution in [0.4, 0.5) is 4.79 Å². The highest BCUT2D eigenvalue weighted by molar-refractivity contribution is 5.85. The average Bonchev–Trinajstić information content (AvgIpc) is 2.41. The maximum Gasteiger partial charge on any atom is 0.407 e. The highest BCUT2D eigenvalue weighted by Crippen LogP contribution is 2.39. The lowest BCUT2D eigenvalue weighted by molar-refractivity contribution is -0.132. The number of carbonyl (C=O) groups excluding carboxylic acids is 2. The van der Waals surface area contributed by atoms with Crippen LogP contribution in [0.1, 0.15) is 32.4 Å². The van der Waals surface area contributed by atoms with E-state index in [4.69, 9.17) is 14.2 Å². The summed E-state index contributed by atoms with van der Waals surface area (Å²) in [5, 5.41) is 2.81. The van der Waals surface area contributed by atoms with Crippen molar-refractivity contribution in [2.24, 2.45) is 5.41 Å². The number of methoxy groups -OCH3 is 1. The van der Waals surface area contributed by atoms with Gasteiger partial charge in [0.05, 0.1) is 13.2 Å². The first-order valence-electron chi connectivity index (χ1n) is 6.63. The summed E-state index contributed by atoms with van der Waals surface area (Å²) < 4.78 is 15.4. The van der Waals surface area contributed by atoms with E-state index in [-0.39, 0.29) is 23.9 Å². The van der Waals surface area contributed by atoms with Gasteiger partial charge in [0, 0.05) is 12.3 Å². The predicted octanol–water partition coefficient (Wildman–Crippen LogP) is 2.85. The number of alkyl carbamates (subject to hydrolysis) is 1. The summed E-state index contributed by atoms with van der Waals surface area (Å²) in [6, 6.07) is 5.02. The van der Waals surface area contributed by atoms with Crippen molar-refractivity contribution in [2.45, 2.75) is 26.8 Å². The Morgan fingerprint density at radius 2 is 2.05 bits per heavy atom. The van der Waals surface area contributed by atoms with Crippen LogP contribution in [0.3, 0.4) is 0 Å². The maximum atomic E-state index is 11.5. The smallest absolute Gasteiger partial charge is 0.407 e. The average molecular weight is 330 g/mol. The van der Waals surface area contributed by atoms with Crippen LogP contribution in [-0.4, -0.2) is 25.8 Å². The molecule has 1 saturated heterocycles. The van der Waals surface area contributed by atoms with Gasteiger partial charge in [-0.15, -0.1) is 12.4 Å². The van der Waals surface area contributed by atoms with Crippen LogP contribution >= 0.6 is 12.4 Å². The summed E-state index contributed by atoms with van der Waals surface area (Å²) in [4.78, 5) is 22.5. The summed E-state index contributed by atoms with van der Waals surface area (Å²) >= 11 is 0. The first kappa shape index (κ1) is 18.1. The van der Waals surface area contributed by atoms with E-state index in [0.29, 0.717) is 18.1 Å². The molecular weight excluding hydrogens is 310 g/mol. The summed E-state index contributed by atoms with van der Waals surface area (Å²) in [5.74, 6) is 0.380. The third-order valence-corrected chi connectivity index (χ3v) is 3.39.